The maximum absolute atomic E-state index is 13.6. The number of morpholine rings is 1. The molecule has 1 amide bonds. The fourth-order valence-corrected chi connectivity index (χ4v) is 9.33. The van der Waals surface area contributed by atoms with Crippen LogP contribution in [0.1, 0.15) is 35.6 Å². The summed E-state index contributed by atoms with van der Waals surface area (Å²) in [6.45, 7) is 2.37. The highest BCUT2D eigenvalue weighted by atomic mass is 32.2. The van der Waals surface area contributed by atoms with Crippen molar-refractivity contribution in [2.24, 2.45) is 17.8 Å². The van der Waals surface area contributed by atoms with Gasteiger partial charge >= 0.3 is 4.87 Å². The molecule has 0 radical (unpaired) electrons. The first-order chi connectivity index (χ1) is 15.1. The normalized spacial score (nSPS) is 31.5. The Morgan fingerprint density at radius 2 is 1.87 bits per heavy atom. The summed E-state index contributed by atoms with van der Waals surface area (Å²) in [5, 5.41) is 1.44. The topological polar surface area (TPSA) is 51.5 Å². The summed E-state index contributed by atoms with van der Waals surface area (Å²) in [5.74, 6) is 1.71. The molecule has 2 aromatic rings. The van der Waals surface area contributed by atoms with Gasteiger partial charge < -0.3 is 9.64 Å². The molecular weight excluding hydrogens is 435 g/mol. The van der Waals surface area contributed by atoms with E-state index in [0.29, 0.717) is 49.3 Å². The molecule has 164 valence electrons. The van der Waals surface area contributed by atoms with Crippen molar-refractivity contribution in [1.29, 1.82) is 0 Å². The molecule has 8 heteroatoms. The number of thioether (sulfide) groups is 1. The predicted octanol–water partition coefficient (Wildman–Crippen LogP) is 3.56. The molecule has 31 heavy (non-hydrogen) atoms. The lowest BCUT2D eigenvalue weighted by atomic mass is 9.75. The van der Waals surface area contributed by atoms with Crippen molar-refractivity contribution in [2.45, 2.75) is 42.0 Å². The molecule has 0 spiro atoms. The molecule has 0 N–H and O–H groups in total. The first-order valence-corrected chi connectivity index (χ1v) is 12.8. The van der Waals surface area contributed by atoms with Gasteiger partial charge in [-0.2, -0.15) is 0 Å². The van der Waals surface area contributed by atoms with Gasteiger partial charge in [-0.15, -0.1) is 11.8 Å². The Morgan fingerprint density at radius 1 is 1.13 bits per heavy atom. The average Bonchev–Trinajstić information content (AvgIpc) is 3.48. The van der Waals surface area contributed by atoms with Gasteiger partial charge in [-0.1, -0.05) is 23.5 Å². The van der Waals surface area contributed by atoms with Crippen LogP contribution in [0.3, 0.4) is 0 Å². The molecule has 6 rings (SSSR count). The molecule has 1 aromatic carbocycles. The summed E-state index contributed by atoms with van der Waals surface area (Å²) in [7, 11) is 0. The molecule has 1 aromatic heterocycles. The largest absolute Gasteiger partial charge is 0.378 e. The third kappa shape index (κ3) is 3.29. The lowest BCUT2D eigenvalue weighted by molar-refractivity contribution is -0.136. The Balaban J connectivity index is 1.40. The molecule has 5 nitrogen and oxygen atoms in total. The van der Waals surface area contributed by atoms with E-state index in [1.165, 1.54) is 42.7 Å². The Hall–Kier alpha value is -1.64. The summed E-state index contributed by atoms with van der Waals surface area (Å²) in [6, 6.07) is 6.83. The van der Waals surface area contributed by atoms with Crippen LogP contribution in [0.2, 0.25) is 0 Å². The van der Waals surface area contributed by atoms with Crippen molar-refractivity contribution in [3.63, 3.8) is 0 Å². The molecule has 5 atom stereocenters. The lowest BCUT2D eigenvalue weighted by Gasteiger charge is -2.40. The fourth-order valence-electron chi connectivity index (χ4n) is 6.18. The second-order valence-electron chi connectivity index (χ2n) is 9.14. The van der Waals surface area contributed by atoms with E-state index in [1.54, 1.807) is 9.47 Å². The summed E-state index contributed by atoms with van der Waals surface area (Å²) < 4.78 is 20.7. The highest BCUT2D eigenvalue weighted by Gasteiger charge is 2.55. The lowest BCUT2D eigenvalue weighted by Crippen LogP contribution is -2.43. The van der Waals surface area contributed by atoms with Crippen LogP contribution in [0, 0.1) is 23.6 Å². The number of hydrogen-bond donors (Lipinski definition) is 0. The number of hydrogen-bond acceptors (Lipinski definition) is 5. The number of ether oxygens (including phenoxy) is 1. The SMILES string of the molecule is O=C(Cn1c2c(sc1=O)[C@H](c1ccc(F)cc1)C1C3CCC(C3)C1S2)N1CCOCC1. The number of rotatable bonds is 3. The first kappa shape index (κ1) is 20.0. The second-order valence-corrected chi connectivity index (χ2v) is 11.3. The highest BCUT2D eigenvalue weighted by Crippen LogP contribution is 2.63. The number of carbonyl (C=O) groups excluding carboxylic acids is 1. The smallest absolute Gasteiger partial charge is 0.308 e. The number of thiazole rings is 1. The van der Waals surface area contributed by atoms with Gasteiger partial charge in [0.2, 0.25) is 5.91 Å². The Bertz CT molecular complexity index is 1060. The van der Waals surface area contributed by atoms with Crippen LogP contribution in [0.5, 0.6) is 0 Å². The van der Waals surface area contributed by atoms with E-state index in [9.17, 15) is 14.0 Å². The van der Waals surface area contributed by atoms with Gasteiger partial charge in [0.1, 0.15) is 12.4 Å². The number of halogens is 1. The van der Waals surface area contributed by atoms with E-state index in [1.807, 2.05) is 23.9 Å². The quantitative estimate of drug-likeness (QED) is 0.703. The molecule has 4 aliphatic rings. The number of aromatic nitrogens is 1. The Morgan fingerprint density at radius 3 is 2.65 bits per heavy atom. The van der Waals surface area contributed by atoms with E-state index >= 15 is 0 Å². The zero-order valence-corrected chi connectivity index (χ0v) is 18.8. The fraction of sp³-hybridized carbons (Fsp3) is 0.565. The minimum atomic E-state index is -0.236. The Kier molecular flexibility index (Phi) is 5.00. The third-order valence-corrected chi connectivity index (χ3v) is 10.4. The van der Waals surface area contributed by atoms with Crippen molar-refractivity contribution in [3.05, 3.63) is 50.2 Å². The summed E-state index contributed by atoms with van der Waals surface area (Å²) >= 11 is 3.12. The van der Waals surface area contributed by atoms with Crippen LogP contribution in [-0.2, 0) is 16.1 Å². The maximum Gasteiger partial charge on any atom is 0.308 e. The second kappa shape index (κ2) is 7.74. The standard InChI is InChI=1S/C23H25FN2O3S2/c24-16-5-3-13(4-6-16)18-19-14-1-2-15(11-14)20(19)30-22-21(18)31-23(28)26(22)12-17(27)25-7-9-29-10-8-25/h3-6,14-15,18-20H,1-2,7-12H2/t14?,15?,18-,19?,20?/m1/s1. The summed E-state index contributed by atoms with van der Waals surface area (Å²) in [4.78, 5) is 28.8. The number of fused-ring (bicyclic) bond motifs is 6. The van der Waals surface area contributed by atoms with Gasteiger partial charge in [0, 0.05) is 29.1 Å². The zero-order valence-electron chi connectivity index (χ0n) is 17.2. The molecule has 2 aliphatic carbocycles. The first-order valence-electron chi connectivity index (χ1n) is 11.1. The molecule has 4 unspecified atom stereocenters. The van der Waals surface area contributed by atoms with Crippen LogP contribution in [0.15, 0.2) is 34.1 Å². The molecule has 2 aliphatic heterocycles. The van der Waals surface area contributed by atoms with Gasteiger partial charge in [0.05, 0.1) is 18.2 Å². The van der Waals surface area contributed by atoms with Crippen LogP contribution in [0.25, 0.3) is 0 Å². The minimum absolute atomic E-state index is 0.0139. The van der Waals surface area contributed by atoms with Crippen LogP contribution in [-0.4, -0.2) is 46.9 Å². The summed E-state index contributed by atoms with van der Waals surface area (Å²) in [5.41, 5.74) is 1.10. The van der Waals surface area contributed by atoms with Crippen molar-refractivity contribution in [3.8, 4) is 0 Å². The number of carbonyl (C=O) groups is 1. The van der Waals surface area contributed by atoms with Crippen molar-refractivity contribution in [2.75, 3.05) is 26.3 Å². The van der Waals surface area contributed by atoms with E-state index in [0.717, 1.165) is 15.5 Å². The van der Waals surface area contributed by atoms with Gasteiger partial charge in [-0.05, 0) is 54.7 Å². The zero-order chi connectivity index (χ0) is 21.1. The van der Waals surface area contributed by atoms with Crippen LogP contribution < -0.4 is 4.87 Å². The van der Waals surface area contributed by atoms with Crippen molar-refractivity contribution >= 4 is 29.0 Å². The van der Waals surface area contributed by atoms with E-state index in [2.05, 4.69) is 0 Å². The number of nitrogens with zero attached hydrogens (tertiary/aromatic N) is 2. The molecule has 1 saturated heterocycles. The van der Waals surface area contributed by atoms with Gasteiger partial charge in [0.15, 0.2) is 0 Å². The van der Waals surface area contributed by atoms with E-state index < -0.39 is 0 Å². The third-order valence-electron chi connectivity index (χ3n) is 7.58. The maximum atomic E-state index is 13.6. The number of amides is 1. The van der Waals surface area contributed by atoms with E-state index in [4.69, 9.17) is 4.74 Å². The molecule has 3 fully saturated rings. The monoisotopic (exact) mass is 460 g/mol. The molecule has 2 saturated carbocycles. The van der Waals surface area contributed by atoms with Gasteiger partial charge in [0.25, 0.3) is 0 Å². The van der Waals surface area contributed by atoms with Gasteiger partial charge in [-0.25, -0.2) is 4.39 Å². The van der Waals surface area contributed by atoms with Crippen molar-refractivity contribution in [1.82, 2.24) is 9.47 Å². The van der Waals surface area contributed by atoms with Crippen molar-refractivity contribution < 1.29 is 13.9 Å². The highest BCUT2D eigenvalue weighted by molar-refractivity contribution is 8.00. The van der Waals surface area contributed by atoms with Gasteiger partial charge in [-0.3, -0.25) is 14.2 Å². The number of benzene rings is 1. The van der Waals surface area contributed by atoms with E-state index in [-0.39, 0.29) is 29.1 Å². The Labute approximate surface area is 188 Å². The molecule has 3 heterocycles. The minimum Gasteiger partial charge on any atom is -0.378 e. The van der Waals surface area contributed by atoms with Crippen LogP contribution in [0.4, 0.5) is 4.39 Å². The predicted molar refractivity (Wildman–Crippen MR) is 118 cm³/mol. The molecular formula is C23H25FN2O3S2. The average molecular weight is 461 g/mol. The summed E-state index contributed by atoms with van der Waals surface area (Å²) in [6.07, 6.45) is 3.77. The van der Waals surface area contributed by atoms with Crippen LogP contribution >= 0.6 is 23.1 Å². The molecule has 2 bridgehead atoms.